The molecule has 10 N–H and O–H groups in total. The molecule has 0 amide bonds. The summed E-state index contributed by atoms with van der Waals surface area (Å²) in [4.78, 5) is 10.5. The van der Waals surface area contributed by atoms with Crippen LogP contribution in [0.15, 0.2) is 0 Å². The molecular formula is C12H26N2O7. The van der Waals surface area contributed by atoms with Gasteiger partial charge in [0.25, 0.3) is 0 Å². The first-order valence-electron chi connectivity index (χ1n) is 6.77. The van der Waals surface area contributed by atoms with E-state index in [2.05, 4.69) is 0 Å². The van der Waals surface area contributed by atoms with E-state index >= 15 is 0 Å². The van der Waals surface area contributed by atoms with Crippen LogP contribution in [0.5, 0.6) is 0 Å². The van der Waals surface area contributed by atoms with Crippen LogP contribution >= 0.6 is 0 Å². The Morgan fingerprint density at radius 3 is 1.95 bits per heavy atom. The van der Waals surface area contributed by atoms with Gasteiger partial charge in [-0.05, 0) is 25.7 Å². The standard InChI is InChI=1S/C12H26N2O7/c13-6(2-1-3-7(14)12(20)21)4-8(16)10(18)11(19)9(17)5-15/h6-11,15-19H,1-5,13-14H2,(H,20,21)/t6?,7-,8-,9+,10+,11+/m0/s1. The average molecular weight is 310 g/mol. The minimum atomic E-state index is -1.68. The minimum Gasteiger partial charge on any atom is -0.480 e. The van der Waals surface area contributed by atoms with Crippen LogP contribution in [0.4, 0.5) is 0 Å². The topological polar surface area (TPSA) is 190 Å². The number of aliphatic hydroxyl groups is 5. The fourth-order valence-electron chi connectivity index (χ4n) is 1.85. The van der Waals surface area contributed by atoms with E-state index in [9.17, 15) is 20.1 Å². The van der Waals surface area contributed by atoms with Gasteiger partial charge in [-0.1, -0.05) is 0 Å². The summed E-state index contributed by atoms with van der Waals surface area (Å²) < 4.78 is 0. The van der Waals surface area contributed by atoms with Gasteiger partial charge in [0, 0.05) is 6.04 Å². The molecule has 0 aromatic heterocycles. The van der Waals surface area contributed by atoms with E-state index in [1.807, 2.05) is 0 Å². The van der Waals surface area contributed by atoms with E-state index in [0.29, 0.717) is 12.8 Å². The first-order valence-corrected chi connectivity index (χ1v) is 6.77. The molecule has 0 aliphatic carbocycles. The maximum Gasteiger partial charge on any atom is 0.320 e. The van der Waals surface area contributed by atoms with E-state index < -0.39 is 49.1 Å². The van der Waals surface area contributed by atoms with Crippen molar-refractivity contribution in [1.82, 2.24) is 0 Å². The van der Waals surface area contributed by atoms with E-state index in [1.54, 1.807) is 0 Å². The second-order valence-corrected chi connectivity index (χ2v) is 5.17. The lowest BCUT2D eigenvalue weighted by atomic mass is 9.95. The van der Waals surface area contributed by atoms with Gasteiger partial charge < -0.3 is 42.1 Å². The quantitative estimate of drug-likeness (QED) is 0.193. The highest BCUT2D eigenvalue weighted by molar-refractivity contribution is 5.72. The van der Waals surface area contributed by atoms with Crippen LogP contribution in [0.2, 0.25) is 0 Å². The second kappa shape index (κ2) is 10.0. The van der Waals surface area contributed by atoms with Crippen molar-refractivity contribution in [3.05, 3.63) is 0 Å². The molecule has 21 heavy (non-hydrogen) atoms. The monoisotopic (exact) mass is 310 g/mol. The highest BCUT2D eigenvalue weighted by Gasteiger charge is 2.30. The molecule has 0 aromatic rings. The zero-order valence-corrected chi connectivity index (χ0v) is 11.7. The molecule has 0 aliphatic rings. The summed E-state index contributed by atoms with van der Waals surface area (Å²) >= 11 is 0. The zero-order valence-electron chi connectivity index (χ0n) is 11.7. The van der Waals surface area contributed by atoms with E-state index in [0.717, 1.165) is 0 Å². The van der Waals surface area contributed by atoms with E-state index in [1.165, 1.54) is 0 Å². The Bertz CT molecular complexity index is 305. The predicted octanol–water partition coefficient (Wildman–Crippen LogP) is -3.28. The van der Waals surface area contributed by atoms with Gasteiger partial charge in [-0.2, -0.15) is 0 Å². The third kappa shape index (κ3) is 7.67. The Kier molecular flexibility index (Phi) is 9.62. The van der Waals surface area contributed by atoms with Crippen molar-refractivity contribution in [2.75, 3.05) is 6.61 Å². The number of rotatable bonds is 11. The molecule has 0 spiro atoms. The summed E-state index contributed by atoms with van der Waals surface area (Å²) in [7, 11) is 0. The van der Waals surface area contributed by atoms with Crippen molar-refractivity contribution in [1.29, 1.82) is 0 Å². The maximum atomic E-state index is 10.5. The normalized spacial score (nSPS) is 20.3. The highest BCUT2D eigenvalue weighted by atomic mass is 16.4. The van der Waals surface area contributed by atoms with Crippen molar-refractivity contribution >= 4 is 5.97 Å². The average Bonchev–Trinajstić information content (AvgIpc) is 2.44. The molecule has 9 nitrogen and oxygen atoms in total. The molecule has 6 atom stereocenters. The number of aliphatic carboxylic acids is 1. The van der Waals surface area contributed by atoms with Gasteiger partial charge in [0.05, 0.1) is 12.7 Å². The number of carboxylic acids is 1. The predicted molar refractivity (Wildman–Crippen MR) is 73.2 cm³/mol. The number of hydrogen-bond donors (Lipinski definition) is 8. The molecular weight excluding hydrogens is 284 g/mol. The van der Waals surface area contributed by atoms with Gasteiger partial charge in [-0.15, -0.1) is 0 Å². The van der Waals surface area contributed by atoms with Crippen molar-refractivity contribution < 1.29 is 35.4 Å². The summed E-state index contributed by atoms with van der Waals surface area (Å²) in [5.74, 6) is -1.10. The summed E-state index contributed by atoms with van der Waals surface area (Å²) in [6.07, 6.45) is -5.21. The van der Waals surface area contributed by atoms with Gasteiger partial charge in [0.2, 0.25) is 0 Å². The number of carbonyl (C=O) groups is 1. The molecule has 0 saturated heterocycles. The SMILES string of the molecule is NC(CCC[C@H](N)C(=O)O)C[C@H](O)[C@@H](O)[C@H](O)[C@H](O)CO. The van der Waals surface area contributed by atoms with Crippen LogP contribution in [-0.2, 0) is 4.79 Å². The van der Waals surface area contributed by atoms with E-state index in [4.69, 9.17) is 26.8 Å². The molecule has 0 saturated carbocycles. The fraction of sp³-hybridized carbons (Fsp3) is 0.917. The van der Waals surface area contributed by atoms with Crippen LogP contribution < -0.4 is 11.5 Å². The minimum absolute atomic E-state index is 0.0430. The summed E-state index contributed by atoms with van der Waals surface area (Å²) in [5, 5.41) is 55.1. The van der Waals surface area contributed by atoms with Crippen molar-refractivity contribution in [2.45, 2.75) is 62.2 Å². The summed E-state index contributed by atoms with van der Waals surface area (Å²) in [5.41, 5.74) is 11.1. The Morgan fingerprint density at radius 2 is 1.48 bits per heavy atom. The number of aliphatic hydroxyl groups excluding tert-OH is 5. The second-order valence-electron chi connectivity index (χ2n) is 5.17. The van der Waals surface area contributed by atoms with E-state index in [-0.39, 0.29) is 12.8 Å². The summed E-state index contributed by atoms with van der Waals surface area (Å²) in [6.45, 7) is -0.746. The number of carboxylic acid groups (broad SMARTS) is 1. The Balaban J connectivity index is 4.08. The van der Waals surface area contributed by atoms with Crippen LogP contribution in [0.25, 0.3) is 0 Å². The molecule has 0 heterocycles. The molecule has 126 valence electrons. The van der Waals surface area contributed by atoms with Crippen molar-refractivity contribution in [2.24, 2.45) is 11.5 Å². The molecule has 0 aromatic carbocycles. The highest BCUT2D eigenvalue weighted by Crippen LogP contribution is 2.12. The Morgan fingerprint density at radius 1 is 0.952 bits per heavy atom. The third-order valence-corrected chi connectivity index (χ3v) is 3.28. The lowest BCUT2D eigenvalue weighted by molar-refractivity contribution is -0.138. The zero-order chi connectivity index (χ0) is 16.6. The number of hydrogen-bond acceptors (Lipinski definition) is 8. The van der Waals surface area contributed by atoms with Crippen LogP contribution in [0.1, 0.15) is 25.7 Å². The van der Waals surface area contributed by atoms with Gasteiger partial charge in [-0.3, -0.25) is 4.79 Å². The van der Waals surface area contributed by atoms with Gasteiger partial charge >= 0.3 is 5.97 Å². The summed E-state index contributed by atoms with van der Waals surface area (Å²) in [6, 6.07) is -1.48. The first-order chi connectivity index (χ1) is 9.70. The number of nitrogens with two attached hydrogens (primary N) is 2. The van der Waals surface area contributed by atoms with Crippen LogP contribution in [0, 0.1) is 0 Å². The molecule has 0 radical (unpaired) electrons. The lowest BCUT2D eigenvalue weighted by Crippen LogP contribution is -2.47. The maximum absolute atomic E-state index is 10.5. The van der Waals surface area contributed by atoms with Gasteiger partial charge in [0.1, 0.15) is 24.4 Å². The molecule has 9 heteroatoms. The van der Waals surface area contributed by atoms with Crippen molar-refractivity contribution in [3.63, 3.8) is 0 Å². The molecule has 1 unspecified atom stereocenters. The lowest BCUT2D eigenvalue weighted by Gasteiger charge is -2.27. The van der Waals surface area contributed by atoms with Crippen LogP contribution in [-0.4, -0.2) is 79.7 Å². The third-order valence-electron chi connectivity index (χ3n) is 3.28. The molecule has 0 aliphatic heterocycles. The smallest absolute Gasteiger partial charge is 0.320 e. The molecule has 0 rings (SSSR count). The van der Waals surface area contributed by atoms with Crippen molar-refractivity contribution in [3.8, 4) is 0 Å². The van der Waals surface area contributed by atoms with Gasteiger partial charge in [-0.25, -0.2) is 0 Å². The van der Waals surface area contributed by atoms with Crippen LogP contribution in [0.3, 0.4) is 0 Å². The molecule has 0 fully saturated rings. The molecule has 0 bridgehead atoms. The fourth-order valence-corrected chi connectivity index (χ4v) is 1.85. The largest absolute Gasteiger partial charge is 0.480 e. The van der Waals surface area contributed by atoms with Gasteiger partial charge in [0.15, 0.2) is 0 Å². The Labute approximate surface area is 122 Å². The first kappa shape index (κ1) is 20.2. The Hall–Kier alpha value is -0.810.